The summed E-state index contributed by atoms with van der Waals surface area (Å²) in [5.41, 5.74) is 2.25. The van der Waals surface area contributed by atoms with E-state index in [2.05, 4.69) is 10.5 Å². The van der Waals surface area contributed by atoms with Gasteiger partial charge in [0.2, 0.25) is 0 Å². The van der Waals surface area contributed by atoms with Crippen molar-refractivity contribution in [2.24, 2.45) is 5.10 Å². The average Bonchev–Trinajstić information content (AvgIpc) is 3.36. The van der Waals surface area contributed by atoms with Crippen LogP contribution >= 0.6 is 0 Å². The van der Waals surface area contributed by atoms with Crippen molar-refractivity contribution >= 4 is 23.8 Å². The predicted molar refractivity (Wildman–Crippen MR) is 121 cm³/mol. The van der Waals surface area contributed by atoms with E-state index in [9.17, 15) is 19.7 Å². The van der Waals surface area contributed by atoms with Gasteiger partial charge in [0.25, 0.3) is 5.69 Å². The molecule has 0 aliphatic carbocycles. The van der Waals surface area contributed by atoms with Gasteiger partial charge in [-0.2, -0.15) is 5.10 Å². The maximum atomic E-state index is 12.8. The average molecular weight is 467 g/mol. The molecule has 0 bridgehead atoms. The van der Waals surface area contributed by atoms with Crippen LogP contribution in [0.2, 0.25) is 0 Å². The van der Waals surface area contributed by atoms with Crippen LogP contribution in [0.5, 0.6) is 17.2 Å². The number of nitrogens with zero attached hydrogens (tertiary/aromatic N) is 2. The van der Waals surface area contributed by atoms with Crippen LogP contribution in [0.15, 0.2) is 64.3 Å². The van der Waals surface area contributed by atoms with Gasteiger partial charge >= 0.3 is 11.9 Å². The van der Waals surface area contributed by atoms with Gasteiger partial charge in [0, 0.05) is 17.7 Å². The third-order valence-electron chi connectivity index (χ3n) is 4.30. The molecule has 1 amide bonds. The Morgan fingerprint density at radius 2 is 1.79 bits per heavy atom. The van der Waals surface area contributed by atoms with E-state index in [1.165, 1.54) is 42.7 Å². The highest BCUT2D eigenvalue weighted by atomic mass is 16.6. The molecule has 0 radical (unpaired) electrons. The molecule has 11 nitrogen and oxygen atoms in total. The van der Waals surface area contributed by atoms with Gasteiger partial charge in [0.15, 0.2) is 17.3 Å². The number of nitro benzene ring substituents is 1. The number of amides is 1. The molecule has 34 heavy (non-hydrogen) atoms. The summed E-state index contributed by atoms with van der Waals surface area (Å²) in [5.74, 6) is -0.460. The molecule has 2 aromatic carbocycles. The molecule has 1 heterocycles. The number of rotatable bonds is 10. The number of furan rings is 1. The van der Waals surface area contributed by atoms with Crippen molar-refractivity contribution in [1.29, 1.82) is 0 Å². The summed E-state index contributed by atoms with van der Waals surface area (Å²) in [4.78, 5) is 35.3. The Hall–Kier alpha value is -4.67. The van der Waals surface area contributed by atoms with Crippen LogP contribution in [0, 0.1) is 10.1 Å². The predicted octanol–water partition coefficient (Wildman–Crippen LogP) is 3.97. The number of non-ortho nitro benzene ring substituents is 1. The monoisotopic (exact) mass is 467 g/mol. The molecule has 176 valence electrons. The zero-order chi connectivity index (χ0) is 24.5. The van der Waals surface area contributed by atoms with Gasteiger partial charge in [-0.05, 0) is 50.2 Å². The van der Waals surface area contributed by atoms with E-state index in [1.54, 1.807) is 13.0 Å². The molecule has 0 aliphatic rings. The summed E-state index contributed by atoms with van der Waals surface area (Å²) < 4.78 is 21.4. The number of hydrogen-bond donors (Lipinski definition) is 1. The van der Waals surface area contributed by atoms with Gasteiger partial charge in [-0.1, -0.05) is 0 Å². The lowest BCUT2D eigenvalue weighted by Gasteiger charge is -2.12. The Labute approximate surface area is 194 Å². The smallest absolute Gasteiger partial charge is 0.343 e. The van der Waals surface area contributed by atoms with Crippen LogP contribution < -0.4 is 19.6 Å². The quantitative estimate of drug-likeness (QED) is 0.155. The van der Waals surface area contributed by atoms with E-state index in [1.807, 2.05) is 6.92 Å². The zero-order valence-electron chi connectivity index (χ0n) is 18.3. The summed E-state index contributed by atoms with van der Waals surface area (Å²) in [6.45, 7) is 4.41. The number of benzene rings is 2. The molecule has 1 aromatic heterocycles. The van der Waals surface area contributed by atoms with Crippen molar-refractivity contribution in [3.63, 3.8) is 0 Å². The molecular weight excluding hydrogens is 446 g/mol. The lowest BCUT2D eigenvalue weighted by Crippen LogP contribution is -2.17. The van der Waals surface area contributed by atoms with Gasteiger partial charge in [0.1, 0.15) is 5.75 Å². The van der Waals surface area contributed by atoms with Crippen LogP contribution in [0.4, 0.5) is 5.69 Å². The molecular formula is C23H21N3O8. The maximum absolute atomic E-state index is 12.8. The van der Waals surface area contributed by atoms with E-state index in [4.69, 9.17) is 18.6 Å². The number of carbonyl (C=O) groups is 2. The number of carbonyl (C=O) groups excluding carboxylic acids is 2. The number of hydrogen-bond acceptors (Lipinski definition) is 9. The standard InChI is InChI=1S/C23H21N3O8/c1-3-31-19-9-7-15(13-21(19)32-4-2)23(28)34-18-10-8-17(26(29)30)12-16(18)14-24-25-22(27)20-6-5-11-33-20/h5-14H,3-4H2,1-2H3,(H,25,27)/b24-14+. The van der Waals surface area contributed by atoms with Crippen LogP contribution in [-0.2, 0) is 0 Å². The third-order valence-corrected chi connectivity index (χ3v) is 4.30. The van der Waals surface area contributed by atoms with Crippen molar-refractivity contribution < 1.29 is 33.1 Å². The molecule has 0 saturated heterocycles. The molecule has 0 saturated carbocycles. The fourth-order valence-corrected chi connectivity index (χ4v) is 2.80. The minimum absolute atomic E-state index is 0.00144. The number of nitrogens with one attached hydrogen (secondary N) is 1. The van der Waals surface area contributed by atoms with E-state index < -0.39 is 16.8 Å². The second-order valence-corrected chi connectivity index (χ2v) is 6.57. The van der Waals surface area contributed by atoms with Gasteiger partial charge in [-0.25, -0.2) is 10.2 Å². The molecule has 1 N–H and O–H groups in total. The Bertz CT molecular complexity index is 1200. The summed E-state index contributed by atoms with van der Waals surface area (Å²) >= 11 is 0. The highest BCUT2D eigenvalue weighted by molar-refractivity contribution is 5.95. The number of hydrazone groups is 1. The van der Waals surface area contributed by atoms with Crippen LogP contribution in [0.3, 0.4) is 0 Å². The lowest BCUT2D eigenvalue weighted by atomic mass is 10.1. The lowest BCUT2D eigenvalue weighted by molar-refractivity contribution is -0.384. The highest BCUT2D eigenvalue weighted by Crippen LogP contribution is 2.30. The van der Waals surface area contributed by atoms with E-state index in [0.717, 1.165) is 12.3 Å². The van der Waals surface area contributed by atoms with E-state index in [0.29, 0.717) is 24.7 Å². The number of esters is 1. The van der Waals surface area contributed by atoms with Gasteiger partial charge in [0.05, 0.1) is 36.2 Å². The van der Waals surface area contributed by atoms with Crippen molar-refractivity contribution in [3.8, 4) is 17.2 Å². The zero-order valence-corrected chi connectivity index (χ0v) is 18.3. The molecule has 0 atom stereocenters. The van der Waals surface area contributed by atoms with Crippen molar-refractivity contribution in [2.75, 3.05) is 13.2 Å². The molecule has 3 aromatic rings. The summed E-state index contributed by atoms with van der Waals surface area (Å²) in [6, 6.07) is 11.2. The molecule has 0 aliphatic heterocycles. The number of ether oxygens (including phenoxy) is 3. The topological polar surface area (TPSA) is 142 Å². The summed E-state index contributed by atoms with van der Waals surface area (Å²) in [5, 5.41) is 14.9. The second-order valence-electron chi connectivity index (χ2n) is 6.57. The largest absolute Gasteiger partial charge is 0.490 e. The first kappa shape index (κ1) is 24.0. The van der Waals surface area contributed by atoms with Crippen LogP contribution in [0.25, 0.3) is 0 Å². The van der Waals surface area contributed by atoms with Gasteiger partial charge < -0.3 is 18.6 Å². The minimum atomic E-state index is -0.730. The van der Waals surface area contributed by atoms with E-state index >= 15 is 0 Å². The van der Waals surface area contributed by atoms with Crippen LogP contribution in [0.1, 0.15) is 40.3 Å². The molecule has 0 spiro atoms. The first-order chi connectivity index (χ1) is 16.4. The molecule has 0 unspecified atom stereocenters. The highest BCUT2D eigenvalue weighted by Gasteiger charge is 2.17. The fourth-order valence-electron chi connectivity index (χ4n) is 2.80. The van der Waals surface area contributed by atoms with Gasteiger partial charge in [-0.3, -0.25) is 14.9 Å². The van der Waals surface area contributed by atoms with Gasteiger partial charge in [-0.15, -0.1) is 0 Å². The Morgan fingerprint density at radius 1 is 1.06 bits per heavy atom. The maximum Gasteiger partial charge on any atom is 0.343 e. The Morgan fingerprint density at radius 3 is 2.47 bits per heavy atom. The van der Waals surface area contributed by atoms with Crippen molar-refractivity contribution in [2.45, 2.75) is 13.8 Å². The Kier molecular flexibility index (Phi) is 7.95. The second kappa shape index (κ2) is 11.3. The minimum Gasteiger partial charge on any atom is -0.490 e. The first-order valence-electron chi connectivity index (χ1n) is 10.2. The third kappa shape index (κ3) is 5.97. The molecule has 11 heteroatoms. The number of nitro groups is 1. The molecule has 3 rings (SSSR count). The van der Waals surface area contributed by atoms with Crippen molar-refractivity contribution in [1.82, 2.24) is 5.43 Å². The van der Waals surface area contributed by atoms with Crippen LogP contribution in [-0.4, -0.2) is 36.2 Å². The fraction of sp³-hybridized carbons (Fsp3) is 0.174. The summed E-state index contributed by atoms with van der Waals surface area (Å²) in [7, 11) is 0. The first-order valence-corrected chi connectivity index (χ1v) is 10.2. The SMILES string of the molecule is CCOc1ccc(C(=O)Oc2ccc([N+](=O)[O-])cc2/C=N/NC(=O)c2ccco2)cc1OCC. The molecule has 0 fully saturated rings. The normalized spacial score (nSPS) is 10.6. The van der Waals surface area contributed by atoms with Crippen molar-refractivity contribution in [3.05, 3.63) is 81.8 Å². The Balaban J connectivity index is 1.83. The van der Waals surface area contributed by atoms with E-state index in [-0.39, 0.29) is 28.3 Å². The summed E-state index contributed by atoms with van der Waals surface area (Å²) in [6.07, 6.45) is 2.45.